The topological polar surface area (TPSA) is 83.9 Å². The number of aryl methyl sites for hydroxylation is 1. The Bertz CT molecular complexity index is 612. The van der Waals surface area contributed by atoms with Crippen molar-refractivity contribution in [1.82, 2.24) is 15.2 Å². The first kappa shape index (κ1) is 22.4. The van der Waals surface area contributed by atoms with E-state index in [4.69, 9.17) is 14.6 Å². The van der Waals surface area contributed by atoms with Crippen LogP contribution in [-0.2, 0) is 4.74 Å². The van der Waals surface area contributed by atoms with E-state index >= 15 is 0 Å². The van der Waals surface area contributed by atoms with E-state index in [9.17, 15) is 4.79 Å². The van der Waals surface area contributed by atoms with Crippen molar-refractivity contribution in [1.29, 1.82) is 0 Å². The van der Waals surface area contributed by atoms with E-state index in [-0.39, 0.29) is 18.7 Å². The first-order valence-corrected chi connectivity index (χ1v) is 10.2. The molecule has 3 heterocycles. The van der Waals surface area contributed by atoms with Crippen LogP contribution in [-0.4, -0.2) is 65.1 Å². The molecule has 0 saturated carbocycles. The molecule has 0 spiro atoms. The summed E-state index contributed by atoms with van der Waals surface area (Å²) in [6.45, 7) is 10.2. The smallest absolute Gasteiger partial charge is 0.410 e. The molecule has 7 heteroatoms. The number of hydrogen-bond donors (Lipinski definition) is 2. The summed E-state index contributed by atoms with van der Waals surface area (Å²) in [5.41, 5.74) is 0.692. The standard InChI is InChI=1S/C11H16N2O.C10H19NO3/c1-9-4-6-12-7-11(9)14-8-10-3-2-5-13-10;1-10(2,3)14-9(13)11-6-4-5-8(11)7-12/h4,6-7,10,13H,2-3,5,8H2,1H3;8,12H,4-7H2,1-3H3/t10-;8-/m00/s1. The fourth-order valence-corrected chi connectivity index (χ4v) is 3.28. The summed E-state index contributed by atoms with van der Waals surface area (Å²) in [7, 11) is 0. The molecule has 7 nitrogen and oxygen atoms in total. The second-order valence-corrected chi connectivity index (χ2v) is 8.40. The van der Waals surface area contributed by atoms with Crippen molar-refractivity contribution in [2.45, 2.75) is 71.1 Å². The van der Waals surface area contributed by atoms with Gasteiger partial charge in [0.1, 0.15) is 18.0 Å². The molecule has 2 aliphatic rings. The molecule has 2 N–H and O–H groups in total. The van der Waals surface area contributed by atoms with Crippen molar-refractivity contribution in [3.63, 3.8) is 0 Å². The van der Waals surface area contributed by atoms with E-state index < -0.39 is 5.60 Å². The van der Waals surface area contributed by atoms with Crippen LogP contribution in [0, 0.1) is 6.92 Å². The third-order valence-corrected chi connectivity index (χ3v) is 4.81. The monoisotopic (exact) mass is 393 g/mol. The zero-order valence-corrected chi connectivity index (χ0v) is 17.6. The molecule has 2 saturated heterocycles. The molecule has 1 aromatic rings. The number of pyridine rings is 1. The molecule has 3 rings (SSSR count). The van der Waals surface area contributed by atoms with Crippen LogP contribution in [0.5, 0.6) is 5.75 Å². The predicted molar refractivity (Wildman–Crippen MR) is 109 cm³/mol. The lowest BCUT2D eigenvalue weighted by molar-refractivity contribution is 0.0176. The number of ether oxygens (including phenoxy) is 2. The molecule has 2 atom stereocenters. The van der Waals surface area contributed by atoms with E-state index in [0.717, 1.165) is 37.3 Å². The number of aliphatic hydroxyl groups excluding tert-OH is 1. The summed E-state index contributed by atoms with van der Waals surface area (Å²) in [6, 6.07) is 2.44. The van der Waals surface area contributed by atoms with Gasteiger partial charge in [0, 0.05) is 18.8 Å². The number of aliphatic hydroxyl groups is 1. The van der Waals surface area contributed by atoms with Crippen molar-refractivity contribution in [2.75, 3.05) is 26.3 Å². The lowest BCUT2D eigenvalue weighted by Crippen LogP contribution is -2.41. The van der Waals surface area contributed by atoms with Crippen LogP contribution in [0.3, 0.4) is 0 Å². The normalized spacial score (nSPS) is 21.8. The number of aromatic nitrogens is 1. The molecule has 0 aliphatic carbocycles. The highest BCUT2D eigenvalue weighted by atomic mass is 16.6. The summed E-state index contributed by atoms with van der Waals surface area (Å²) >= 11 is 0. The Kier molecular flexibility index (Phi) is 8.51. The molecule has 1 amide bonds. The summed E-state index contributed by atoms with van der Waals surface area (Å²) in [5, 5.41) is 12.4. The fourth-order valence-electron chi connectivity index (χ4n) is 3.28. The molecule has 0 unspecified atom stereocenters. The maximum atomic E-state index is 11.6. The number of nitrogens with zero attached hydrogens (tertiary/aromatic N) is 2. The minimum Gasteiger partial charge on any atom is -0.490 e. The largest absolute Gasteiger partial charge is 0.490 e. The Morgan fingerprint density at radius 2 is 2.14 bits per heavy atom. The van der Waals surface area contributed by atoms with Crippen LogP contribution in [0.25, 0.3) is 0 Å². The van der Waals surface area contributed by atoms with E-state index in [1.54, 1.807) is 17.3 Å². The number of rotatable bonds is 4. The molecule has 2 fully saturated rings. The van der Waals surface area contributed by atoms with Crippen LogP contribution in [0.4, 0.5) is 4.79 Å². The summed E-state index contributed by atoms with van der Waals surface area (Å²) < 4.78 is 10.9. The SMILES string of the molecule is CC(C)(C)OC(=O)N1CCC[C@H]1CO.Cc1ccncc1OC[C@@H]1CCCN1. The second kappa shape index (κ2) is 10.6. The zero-order chi connectivity index (χ0) is 20.6. The predicted octanol–water partition coefficient (Wildman–Crippen LogP) is 2.90. The van der Waals surface area contributed by atoms with Crippen molar-refractivity contribution in [2.24, 2.45) is 0 Å². The number of carbonyl (C=O) groups is 1. The van der Waals surface area contributed by atoms with Crippen LogP contribution in [0.2, 0.25) is 0 Å². The third-order valence-electron chi connectivity index (χ3n) is 4.81. The average Bonchev–Trinajstić information content (AvgIpc) is 3.31. The first-order valence-electron chi connectivity index (χ1n) is 10.2. The van der Waals surface area contributed by atoms with Gasteiger partial charge < -0.3 is 24.8 Å². The van der Waals surface area contributed by atoms with Crippen LogP contribution < -0.4 is 10.1 Å². The van der Waals surface area contributed by atoms with Gasteiger partial charge in [-0.1, -0.05) is 0 Å². The lowest BCUT2D eigenvalue weighted by Gasteiger charge is -2.27. The molecule has 158 valence electrons. The van der Waals surface area contributed by atoms with Gasteiger partial charge in [0.15, 0.2) is 0 Å². The van der Waals surface area contributed by atoms with Gasteiger partial charge in [0.2, 0.25) is 0 Å². The van der Waals surface area contributed by atoms with E-state index in [1.165, 1.54) is 12.8 Å². The van der Waals surface area contributed by atoms with E-state index in [1.807, 2.05) is 33.8 Å². The van der Waals surface area contributed by atoms with Gasteiger partial charge in [0.25, 0.3) is 0 Å². The first-order chi connectivity index (χ1) is 13.3. The van der Waals surface area contributed by atoms with Crippen LogP contribution in [0.15, 0.2) is 18.5 Å². The minimum absolute atomic E-state index is 0.0270. The Morgan fingerprint density at radius 1 is 1.36 bits per heavy atom. The minimum atomic E-state index is -0.459. The Hall–Kier alpha value is -1.86. The van der Waals surface area contributed by atoms with Crippen LogP contribution >= 0.6 is 0 Å². The molecular weight excluding hydrogens is 358 g/mol. The number of nitrogens with one attached hydrogen (secondary N) is 1. The lowest BCUT2D eigenvalue weighted by atomic mass is 10.2. The average molecular weight is 394 g/mol. The zero-order valence-electron chi connectivity index (χ0n) is 17.6. The fraction of sp³-hybridized carbons (Fsp3) is 0.714. The number of carbonyl (C=O) groups excluding carboxylic acids is 1. The number of amides is 1. The van der Waals surface area contributed by atoms with Gasteiger partial charge in [-0.2, -0.15) is 0 Å². The van der Waals surface area contributed by atoms with Gasteiger partial charge in [-0.3, -0.25) is 4.98 Å². The maximum absolute atomic E-state index is 11.6. The summed E-state index contributed by atoms with van der Waals surface area (Å²) in [6.07, 6.45) is 7.56. The summed E-state index contributed by atoms with van der Waals surface area (Å²) in [4.78, 5) is 17.3. The molecular formula is C21H35N3O4. The molecule has 0 aromatic carbocycles. The second-order valence-electron chi connectivity index (χ2n) is 8.40. The molecule has 2 aliphatic heterocycles. The highest BCUT2D eigenvalue weighted by molar-refractivity contribution is 5.68. The van der Waals surface area contributed by atoms with Crippen molar-refractivity contribution >= 4 is 6.09 Å². The third kappa shape index (κ3) is 7.28. The molecule has 1 aromatic heterocycles. The Morgan fingerprint density at radius 3 is 2.75 bits per heavy atom. The van der Waals surface area contributed by atoms with Gasteiger partial charge in [-0.15, -0.1) is 0 Å². The highest BCUT2D eigenvalue weighted by Crippen LogP contribution is 2.20. The molecule has 0 radical (unpaired) electrons. The van der Waals surface area contributed by atoms with Gasteiger partial charge in [0.05, 0.1) is 18.8 Å². The van der Waals surface area contributed by atoms with E-state index in [0.29, 0.717) is 12.6 Å². The van der Waals surface area contributed by atoms with E-state index in [2.05, 4.69) is 10.3 Å². The van der Waals surface area contributed by atoms with Crippen molar-refractivity contribution in [3.8, 4) is 5.75 Å². The Balaban J connectivity index is 0.000000200. The van der Waals surface area contributed by atoms with Crippen molar-refractivity contribution in [3.05, 3.63) is 24.0 Å². The van der Waals surface area contributed by atoms with Gasteiger partial charge in [-0.25, -0.2) is 4.79 Å². The van der Waals surface area contributed by atoms with Gasteiger partial charge >= 0.3 is 6.09 Å². The molecule has 28 heavy (non-hydrogen) atoms. The van der Waals surface area contributed by atoms with Gasteiger partial charge in [-0.05, 0) is 71.6 Å². The summed E-state index contributed by atoms with van der Waals surface area (Å²) in [5.74, 6) is 0.904. The molecule has 0 bridgehead atoms. The van der Waals surface area contributed by atoms with Crippen LogP contribution in [0.1, 0.15) is 52.0 Å². The highest BCUT2D eigenvalue weighted by Gasteiger charge is 2.31. The number of hydrogen-bond acceptors (Lipinski definition) is 6. The van der Waals surface area contributed by atoms with Crippen molar-refractivity contribution < 1.29 is 19.4 Å². The Labute approximate surface area is 168 Å². The maximum Gasteiger partial charge on any atom is 0.410 e. The number of likely N-dealkylation sites (tertiary alicyclic amines) is 1. The quantitative estimate of drug-likeness (QED) is 0.818.